The highest BCUT2D eigenvalue weighted by molar-refractivity contribution is 7.91. The SMILES string of the molecule is CCC(=O)C(CS(=O)(=O)c1ccc(C)cc1)c1ccc(OC)cc1. The van der Waals surface area contributed by atoms with Crippen molar-refractivity contribution < 1.29 is 17.9 Å². The van der Waals surface area contributed by atoms with E-state index in [-0.39, 0.29) is 16.4 Å². The Morgan fingerprint density at radius 2 is 1.62 bits per heavy atom. The molecule has 0 amide bonds. The minimum Gasteiger partial charge on any atom is -0.497 e. The number of sulfone groups is 1. The Hall–Kier alpha value is -2.14. The van der Waals surface area contributed by atoms with Crippen molar-refractivity contribution >= 4 is 15.6 Å². The molecular formula is C19H22O4S. The monoisotopic (exact) mass is 346 g/mol. The number of Topliss-reactive ketones (excluding diaryl/α,β-unsaturated/α-hetero) is 1. The molecule has 0 N–H and O–H groups in total. The van der Waals surface area contributed by atoms with Crippen LogP contribution < -0.4 is 4.74 Å². The average Bonchev–Trinajstić information content (AvgIpc) is 2.59. The molecule has 0 aliphatic carbocycles. The summed E-state index contributed by atoms with van der Waals surface area (Å²) in [7, 11) is -1.99. The van der Waals surface area contributed by atoms with E-state index in [1.807, 2.05) is 6.92 Å². The Balaban J connectivity index is 2.34. The van der Waals surface area contributed by atoms with Crippen LogP contribution in [0.5, 0.6) is 5.75 Å². The zero-order valence-corrected chi connectivity index (χ0v) is 15.0. The van der Waals surface area contributed by atoms with Crippen LogP contribution in [0.3, 0.4) is 0 Å². The van der Waals surface area contributed by atoms with Crippen molar-refractivity contribution in [3.63, 3.8) is 0 Å². The molecular weight excluding hydrogens is 324 g/mol. The number of ether oxygens (including phenoxy) is 1. The first-order valence-electron chi connectivity index (χ1n) is 7.83. The molecule has 1 unspecified atom stereocenters. The lowest BCUT2D eigenvalue weighted by molar-refractivity contribution is -0.119. The Kier molecular flexibility index (Phi) is 5.78. The Bertz CT molecular complexity index is 790. The van der Waals surface area contributed by atoms with Gasteiger partial charge in [0.25, 0.3) is 0 Å². The van der Waals surface area contributed by atoms with Crippen LogP contribution in [0, 0.1) is 6.92 Å². The standard InChI is InChI=1S/C19H22O4S/c1-4-19(20)18(15-7-9-16(23-3)10-8-15)13-24(21,22)17-11-5-14(2)6-12-17/h5-12,18H,4,13H2,1-3H3. The van der Waals surface area contributed by atoms with E-state index in [1.54, 1.807) is 62.6 Å². The van der Waals surface area contributed by atoms with Gasteiger partial charge in [-0.05, 0) is 36.8 Å². The second-order valence-electron chi connectivity index (χ2n) is 5.74. The Labute approximate surface area is 143 Å². The normalized spacial score (nSPS) is 12.6. The highest BCUT2D eigenvalue weighted by atomic mass is 32.2. The molecule has 0 saturated carbocycles. The first kappa shape index (κ1) is 18.2. The summed E-state index contributed by atoms with van der Waals surface area (Å²) in [6, 6.07) is 13.7. The number of hydrogen-bond acceptors (Lipinski definition) is 4. The summed E-state index contributed by atoms with van der Waals surface area (Å²) in [6.45, 7) is 3.65. The van der Waals surface area contributed by atoms with Crippen molar-refractivity contribution in [2.45, 2.75) is 31.1 Å². The van der Waals surface area contributed by atoms with Crippen molar-refractivity contribution in [2.24, 2.45) is 0 Å². The zero-order chi connectivity index (χ0) is 17.7. The van der Waals surface area contributed by atoms with Crippen molar-refractivity contribution in [2.75, 3.05) is 12.9 Å². The summed E-state index contributed by atoms with van der Waals surface area (Å²) in [4.78, 5) is 12.6. The summed E-state index contributed by atoms with van der Waals surface area (Å²) in [5.41, 5.74) is 1.68. The van der Waals surface area contributed by atoms with Gasteiger partial charge in [-0.3, -0.25) is 4.79 Å². The molecule has 0 aromatic heterocycles. The van der Waals surface area contributed by atoms with Gasteiger partial charge in [-0.25, -0.2) is 8.42 Å². The van der Waals surface area contributed by atoms with Gasteiger partial charge in [0.05, 0.1) is 23.7 Å². The van der Waals surface area contributed by atoms with E-state index in [0.29, 0.717) is 17.7 Å². The minimum atomic E-state index is -3.55. The number of ketones is 1. The van der Waals surface area contributed by atoms with Gasteiger partial charge in [0.15, 0.2) is 9.84 Å². The van der Waals surface area contributed by atoms with Gasteiger partial charge in [-0.15, -0.1) is 0 Å². The molecule has 2 rings (SSSR count). The predicted molar refractivity (Wildman–Crippen MR) is 94.3 cm³/mol. The topological polar surface area (TPSA) is 60.4 Å². The number of aryl methyl sites for hydroxylation is 1. The van der Waals surface area contributed by atoms with Crippen molar-refractivity contribution in [3.8, 4) is 5.75 Å². The fraction of sp³-hybridized carbons (Fsp3) is 0.316. The van der Waals surface area contributed by atoms with Gasteiger partial charge in [0.1, 0.15) is 11.5 Å². The van der Waals surface area contributed by atoms with Gasteiger partial charge in [-0.1, -0.05) is 36.8 Å². The van der Waals surface area contributed by atoms with Gasteiger partial charge in [0, 0.05) is 6.42 Å². The summed E-state index contributed by atoms with van der Waals surface area (Å²) in [5, 5.41) is 0. The molecule has 0 fully saturated rings. The van der Waals surface area contributed by atoms with E-state index in [1.165, 1.54) is 0 Å². The van der Waals surface area contributed by atoms with E-state index in [2.05, 4.69) is 0 Å². The molecule has 0 radical (unpaired) electrons. The first-order valence-corrected chi connectivity index (χ1v) is 9.48. The summed E-state index contributed by atoms with van der Waals surface area (Å²) in [6.07, 6.45) is 0.292. The second-order valence-corrected chi connectivity index (χ2v) is 7.77. The molecule has 2 aromatic rings. The molecule has 5 heteroatoms. The number of carbonyl (C=O) groups is 1. The van der Waals surface area contributed by atoms with Crippen LogP contribution in [-0.2, 0) is 14.6 Å². The van der Waals surface area contributed by atoms with Crippen molar-refractivity contribution in [1.82, 2.24) is 0 Å². The number of carbonyl (C=O) groups excluding carboxylic acids is 1. The van der Waals surface area contributed by atoms with Crippen LogP contribution in [0.15, 0.2) is 53.4 Å². The fourth-order valence-electron chi connectivity index (χ4n) is 2.52. The van der Waals surface area contributed by atoms with E-state index in [9.17, 15) is 13.2 Å². The van der Waals surface area contributed by atoms with Gasteiger partial charge < -0.3 is 4.74 Å². The minimum absolute atomic E-state index is 0.0872. The predicted octanol–water partition coefficient (Wildman–Crippen LogP) is 3.54. The van der Waals surface area contributed by atoms with Crippen LogP contribution in [0.25, 0.3) is 0 Å². The third kappa shape index (κ3) is 4.23. The van der Waals surface area contributed by atoms with Gasteiger partial charge in [0.2, 0.25) is 0 Å². The van der Waals surface area contributed by atoms with Crippen LogP contribution in [-0.4, -0.2) is 27.1 Å². The van der Waals surface area contributed by atoms with E-state index >= 15 is 0 Å². The molecule has 2 aromatic carbocycles. The third-order valence-electron chi connectivity index (χ3n) is 4.02. The lowest BCUT2D eigenvalue weighted by Gasteiger charge is -2.16. The summed E-state index contributed by atoms with van der Waals surface area (Å²) < 4.78 is 30.5. The molecule has 0 aliphatic rings. The first-order chi connectivity index (χ1) is 11.4. The molecule has 128 valence electrons. The molecule has 24 heavy (non-hydrogen) atoms. The summed E-state index contributed by atoms with van der Waals surface area (Å²) >= 11 is 0. The van der Waals surface area contributed by atoms with E-state index in [0.717, 1.165) is 5.56 Å². The maximum absolute atomic E-state index is 12.7. The van der Waals surface area contributed by atoms with Gasteiger partial charge in [-0.2, -0.15) is 0 Å². The maximum Gasteiger partial charge on any atom is 0.179 e. The lowest BCUT2D eigenvalue weighted by Crippen LogP contribution is -2.22. The molecule has 0 saturated heterocycles. The smallest absolute Gasteiger partial charge is 0.179 e. The Morgan fingerprint density at radius 3 is 2.12 bits per heavy atom. The number of hydrogen-bond donors (Lipinski definition) is 0. The number of benzene rings is 2. The number of rotatable bonds is 7. The lowest BCUT2D eigenvalue weighted by atomic mass is 9.95. The van der Waals surface area contributed by atoms with E-state index < -0.39 is 15.8 Å². The van der Waals surface area contributed by atoms with Crippen LogP contribution >= 0.6 is 0 Å². The number of methoxy groups -OCH3 is 1. The van der Waals surface area contributed by atoms with Crippen molar-refractivity contribution in [3.05, 3.63) is 59.7 Å². The Morgan fingerprint density at radius 1 is 1.04 bits per heavy atom. The molecule has 0 bridgehead atoms. The van der Waals surface area contributed by atoms with Crippen LogP contribution in [0.1, 0.15) is 30.4 Å². The van der Waals surface area contributed by atoms with Gasteiger partial charge >= 0.3 is 0 Å². The fourth-order valence-corrected chi connectivity index (χ4v) is 4.08. The third-order valence-corrected chi connectivity index (χ3v) is 5.78. The molecule has 0 spiro atoms. The second kappa shape index (κ2) is 7.62. The highest BCUT2D eigenvalue weighted by Gasteiger charge is 2.27. The molecule has 1 atom stereocenters. The van der Waals surface area contributed by atoms with Crippen LogP contribution in [0.4, 0.5) is 0 Å². The quantitative estimate of drug-likeness (QED) is 0.769. The van der Waals surface area contributed by atoms with Crippen molar-refractivity contribution in [1.29, 1.82) is 0 Å². The summed E-state index contributed by atoms with van der Waals surface area (Å²) in [5.74, 6) is -0.319. The zero-order valence-electron chi connectivity index (χ0n) is 14.2. The average molecular weight is 346 g/mol. The largest absolute Gasteiger partial charge is 0.497 e. The molecule has 0 heterocycles. The van der Waals surface area contributed by atoms with Crippen LogP contribution in [0.2, 0.25) is 0 Å². The molecule has 0 aliphatic heterocycles. The highest BCUT2D eigenvalue weighted by Crippen LogP contribution is 2.26. The molecule has 4 nitrogen and oxygen atoms in total. The van der Waals surface area contributed by atoms with E-state index in [4.69, 9.17) is 4.74 Å². The maximum atomic E-state index is 12.7.